The minimum atomic E-state index is 0.433. The quantitative estimate of drug-likeness (QED) is 0.449. The van der Waals surface area contributed by atoms with E-state index in [0.29, 0.717) is 12.2 Å². The lowest BCUT2D eigenvalue weighted by molar-refractivity contribution is 0.0216. The minimum absolute atomic E-state index is 0.433. The van der Waals surface area contributed by atoms with Crippen LogP contribution in [0.1, 0.15) is 25.7 Å². The monoisotopic (exact) mass is 282 g/mol. The van der Waals surface area contributed by atoms with E-state index in [2.05, 4.69) is 22.6 Å². The van der Waals surface area contributed by atoms with Crippen molar-refractivity contribution in [1.29, 1.82) is 0 Å². The van der Waals surface area contributed by atoms with Gasteiger partial charge in [0.1, 0.15) is 6.10 Å². The topological polar surface area (TPSA) is 21.8 Å². The first-order chi connectivity index (χ1) is 5.84. The summed E-state index contributed by atoms with van der Waals surface area (Å²) in [6, 6.07) is 0. The lowest BCUT2D eigenvalue weighted by Crippen LogP contribution is -2.23. The van der Waals surface area contributed by atoms with E-state index >= 15 is 0 Å². The molecule has 0 bridgehead atoms. The number of rotatable bonds is 3. The molecule has 0 spiro atoms. The van der Waals surface area contributed by atoms with Crippen molar-refractivity contribution in [3.05, 3.63) is 0 Å². The van der Waals surface area contributed by atoms with Crippen LogP contribution in [0.15, 0.2) is 0 Å². The Morgan fingerprint density at radius 2 is 1.92 bits per heavy atom. The number of epoxide rings is 1. The second-order valence-electron chi connectivity index (χ2n) is 3.66. The molecule has 2 aliphatic rings. The van der Waals surface area contributed by atoms with Gasteiger partial charge in [-0.05, 0) is 25.7 Å². The highest BCUT2D eigenvalue weighted by molar-refractivity contribution is 14.1. The number of alkyl halides is 1. The molecule has 1 atom stereocenters. The maximum atomic E-state index is 5.73. The molecule has 1 heterocycles. The van der Waals surface area contributed by atoms with Gasteiger partial charge in [0.25, 0.3) is 0 Å². The molecule has 0 aromatic carbocycles. The Balaban J connectivity index is 1.60. The lowest BCUT2D eigenvalue weighted by atomic mass is 9.98. The first-order valence-electron chi connectivity index (χ1n) is 4.72. The Morgan fingerprint density at radius 3 is 2.50 bits per heavy atom. The van der Waals surface area contributed by atoms with Gasteiger partial charge in [0, 0.05) is 3.92 Å². The summed E-state index contributed by atoms with van der Waals surface area (Å²) in [6.07, 6.45) is 6.12. The van der Waals surface area contributed by atoms with Gasteiger partial charge in [-0.2, -0.15) is 0 Å². The van der Waals surface area contributed by atoms with Crippen LogP contribution in [0, 0.1) is 0 Å². The molecule has 1 aliphatic carbocycles. The smallest absolute Gasteiger partial charge is 0.104 e. The average Bonchev–Trinajstić information content (AvgIpc) is 2.87. The lowest BCUT2D eigenvalue weighted by Gasteiger charge is -2.25. The second kappa shape index (κ2) is 4.24. The maximum absolute atomic E-state index is 5.73. The molecule has 0 aromatic heterocycles. The highest BCUT2D eigenvalue weighted by atomic mass is 127. The van der Waals surface area contributed by atoms with Crippen LogP contribution in [0.4, 0.5) is 0 Å². The van der Waals surface area contributed by atoms with Crippen LogP contribution in [0.25, 0.3) is 0 Å². The Bertz CT molecular complexity index is 139. The fraction of sp³-hybridized carbons (Fsp3) is 1.00. The first-order valence-corrected chi connectivity index (χ1v) is 5.96. The van der Waals surface area contributed by atoms with Crippen molar-refractivity contribution in [3.8, 4) is 0 Å². The number of halogens is 1. The number of hydrogen-bond acceptors (Lipinski definition) is 2. The molecule has 0 aromatic rings. The molecule has 0 unspecified atom stereocenters. The Labute approximate surface area is 87.1 Å². The largest absolute Gasteiger partial charge is 0.375 e. The number of hydrogen-bond donors (Lipinski definition) is 0. The molecule has 1 saturated heterocycles. The third kappa shape index (κ3) is 2.85. The summed E-state index contributed by atoms with van der Waals surface area (Å²) in [5.74, 6) is 0. The molecule has 12 heavy (non-hydrogen) atoms. The van der Waals surface area contributed by atoms with E-state index in [1.165, 1.54) is 25.7 Å². The third-order valence-electron chi connectivity index (χ3n) is 2.52. The highest BCUT2D eigenvalue weighted by Crippen LogP contribution is 2.27. The summed E-state index contributed by atoms with van der Waals surface area (Å²) < 4.78 is 11.7. The Hall–Kier alpha value is 0.650. The van der Waals surface area contributed by atoms with Gasteiger partial charge in [-0.15, -0.1) is 0 Å². The van der Waals surface area contributed by atoms with Crippen molar-refractivity contribution in [2.75, 3.05) is 13.2 Å². The third-order valence-corrected chi connectivity index (χ3v) is 3.77. The molecule has 2 nitrogen and oxygen atoms in total. The molecule has 1 aliphatic heterocycles. The molecule has 3 heteroatoms. The van der Waals surface area contributed by atoms with Crippen LogP contribution < -0.4 is 0 Å². The van der Waals surface area contributed by atoms with Gasteiger partial charge in [0.2, 0.25) is 0 Å². The van der Waals surface area contributed by atoms with E-state index in [0.717, 1.165) is 17.1 Å². The predicted octanol–water partition coefficient (Wildman–Crippen LogP) is 2.15. The van der Waals surface area contributed by atoms with Crippen LogP contribution >= 0.6 is 22.6 Å². The van der Waals surface area contributed by atoms with Crippen molar-refractivity contribution in [3.63, 3.8) is 0 Å². The molecule has 2 rings (SSSR count). The summed E-state index contributed by atoms with van der Waals surface area (Å²) in [5.41, 5.74) is 0. The summed E-state index contributed by atoms with van der Waals surface area (Å²) in [6.45, 7) is 1.75. The highest BCUT2D eigenvalue weighted by Gasteiger charge is 2.26. The van der Waals surface area contributed by atoms with Crippen LogP contribution in [0.2, 0.25) is 0 Å². The van der Waals surface area contributed by atoms with Crippen molar-refractivity contribution in [1.82, 2.24) is 0 Å². The van der Waals surface area contributed by atoms with Crippen LogP contribution in [-0.2, 0) is 9.47 Å². The van der Waals surface area contributed by atoms with E-state index in [4.69, 9.17) is 9.47 Å². The van der Waals surface area contributed by atoms with E-state index in [-0.39, 0.29) is 0 Å². The maximum Gasteiger partial charge on any atom is 0.104 e. The Kier molecular flexibility index (Phi) is 3.26. The molecular formula is C9H15IO2. The van der Waals surface area contributed by atoms with Gasteiger partial charge in [-0.25, -0.2) is 0 Å². The Morgan fingerprint density at radius 1 is 1.25 bits per heavy atom. The van der Waals surface area contributed by atoms with Crippen molar-refractivity contribution >= 4 is 22.6 Å². The average molecular weight is 282 g/mol. The summed E-state index contributed by atoms with van der Waals surface area (Å²) in [5, 5.41) is 0. The first kappa shape index (κ1) is 9.21. The van der Waals surface area contributed by atoms with Crippen molar-refractivity contribution in [2.24, 2.45) is 0 Å². The van der Waals surface area contributed by atoms with Gasteiger partial charge >= 0.3 is 0 Å². The normalized spacial score (nSPS) is 41.2. The molecular weight excluding hydrogens is 267 g/mol. The summed E-state index contributed by atoms with van der Waals surface area (Å²) >= 11 is 2.54. The van der Waals surface area contributed by atoms with Crippen LogP contribution in [-0.4, -0.2) is 29.3 Å². The molecule has 2 fully saturated rings. The summed E-state index contributed by atoms with van der Waals surface area (Å²) in [7, 11) is 0. The van der Waals surface area contributed by atoms with Gasteiger partial charge in [-0.1, -0.05) is 22.6 Å². The zero-order valence-electron chi connectivity index (χ0n) is 7.17. The molecule has 1 saturated carbocycles. The second-order valence-corrected chi connectivity index (χ2v) is 5.42. The minimum Gasteiger partial charge on any atom is -0.375 e. The van der Waals surface area contributed by atoms with E-state index in [9.17, 15) is 0 Å². The van der Waals surface area contributed by atoms with Crippen LogP contribution in [0.5, 0.6) is 0 Å². The van der Waals surface area contributed by atoms with Crippen molar-refractivity contribution in [2.45, 2.75) is 41.8 Å². The van der Waals surface area contributed by atoms with E-state index in [1.54, 1.807) is 0 Å². The van der Waals surface area contributed by atoms with Gasteiger partial charge < -0.3 is 9.47 Å². The molecule has 0 amide bonds. The molecule has 0 N–H and O–H groups in total. The number of ether oxygens (including phenoxy) is 2. The van der Waals surface area contributed by atoms with Gasteiger partial charge in [0.15, 0.2) is 0 Å². The standard InChI is InChI=1S/C9H15IO2/c10-7-1-3-8(4-2-7)11-5-9-6-12-9/h7-9H,1-6H2/t7?,8?,9-/m1/s1. The van der Waals surface area contributed by atoms with Crippen molar-refractivity contribution < 1.29 is 9.47 Å². The van der Waals surface area contributed by atoms with Crippen LogP contribution in [0.3, 0.4) is 0 Å². The SMILES string of the molecule is IC1CCC(OC[C@@H]2CO2)CC1. The van der Waals surface area contributed by atoms with E-state index < -0.39 is 0 Å². The molecule has 0 radical (unpaired) electrons. The zero-order chi connectivity index (χ0) is 8.39. The molecule has 70 valence electrons. The van der Waals surface area contributed by atoms with Gasteiger partial charge in [-0.3, -0.25) is 0 Å². The predicted molar refractivity (Wildman–Crippen MR) is 55.8 cm³/mol. The zero-order valence-corrected chi connectivity index (χ0v) is 9.33. The fourth-order valence-corrected chi connectivity index (χ4v) is 2.32. The summed E-state index contributed by atoms with van der Waals surface area (Å²) in [4.78, 5) is 0. The van der Waals surface area contributed by atoms with E-state index in [1.807, 2.05) is 0 Å². The van der Waals surface area contributed by atoms with Gasteiger partial charge in [0.05, 0.1) is 19.3 Å². The fourth-order valence-electron chi connectivity index (χ4n) is 1.60.